The second-order valence-corrected chi connectivity index (χ2v) is 6.88. The van der Waals surface area contributed by atoms with Crippen molar-refractivity contribution in [1.29, 1.82) is 0 Å². The van der Waals surface area contributed by atoms with Gasteiger partial charge in [-0.3, -0.25) is 14.4 Å². The predicted octanol–water partition coefficient (Wildman–Crippen LogP) is 3.56. The van der Waals surface area contributed by atoms with E-state index in [1.54, 1.807) is 12.1 Å². The molecule has 1 rings (SSSR count). The lowest BCUT2D eigenvalue weighted by molar-refractivity contribution is -0.137. The number of carbonyl (C=O) groups is 3. The van der Waals surface area contributed by atoms with E-state index in [0.29, 0.717) is 24.2 Å². The van der Waals surface area contributed by atoms with Crippen molar-refractivity contribution in [3.8, 4) is 0 Å². The van der Waals surface area contributed by atoms with Crippen molar-refractivity contribution in [2.75, 3.05) is 10.6 Å². The summed E-state index contributed by atoms with van der Waals surface area (Å²) in [7, 11) is 0. The third-order valence-corrected chi connectivity index (χ3v) is 3.50. The largest absolute Gasteiger partial charge is 0.481 e. The van der Waals surface area contributed by atoms with Crippen molar-refractivity contribution in [2.24, 2.45) is 5.41 Å². The Morgan fingerprint density at radius 1 is 1.04 bits per heavy atom. The number of carbonyl (C=O) groups excluding carboxylic acids is 2. The molecule has 0 bridgehead atoms. The Balaban J connectivity index is 2.63. The van der Waals surface area contributed by atoms with Crippen LogP contribution < -0.4 is 10.6 Å². The van der Waals surface area contributed by atoms with Gasteiger partial charge in [0.25, 0.3) is 0 Å². The average Bonchev–Trinajstić information content (AvgIpc) is 2.46. The number of aliphatic carboxylic acids is 1. The van der Waals surface area contributed by atoms with Crippen LogP contribution in [0.15, 0.2) is 18.2 Å². The van der Waals surface area contributed by atoms with E-state index < -0.39 is 11.4 Å². The molecule has 0 saturated heterocycles. The van der Waals surface area contributed by atoms with Gasteiger partial charge in [-0.2, -0.15) is 0 Å². The van der Waals surface area contributed by atoms with E-state index in [9.17, 15) is 14.4 Å². The summed E-state index contributed by atoms with van der Waals surface area (Å²) in [6, 6.07) is 5.34. The number of aryl methyl sites for hydroxylation is 1. The predicted molar refractivity (Wildman–Crippen MR) is 94.0 cm³/mol. The van der Waals surface area contributed by atoms with Gasteiger partial charge in [0.15, 0.2) is 0 Å². The maximum absolute atomic E-state index is 12.1. The van der Waals surface area contributed by atoms with Gasteiger partial charge >= 0.3 is 5.97 Å². The van der Waals surface area contributed by atoms with Crippen LogP contribution in [0, 0.1) is 12.3 Å². The number of nitrogens with one attached hydrogen (secondary N) is 2. The Kier molecular flexibility index (Phi) is 6.95. The molecule has 0 aliphatic carbocycles. The summed E-state index contributed by atoms with van der Waals surface area (Å²) in [4.78, 5) is 34.4. The van der Waals surface area contributed by atoms with E-state index in [1.165, 1.54) is 0 Å². The highest BCUT2D eigenvalue weighted by molar-refractivity contribution is 5.97. The topological polar surface area (TPSA) is 95.5 Å². The standard InChI is InChI=1S/C18H26N2O4/c1-12-9-10-13(11-14(12)20-17(24)18(2,3)4)19-15(21)7-5-6-8-16(22)23/h9-11H,5-8H2,1-4H3,(H,19,21)(H,20,24)(H,22,23). The number of hydrogen-bond acceptors (Lipinski definition) is 3. The van der Waals surface area contributed by atoms with Crippen LogP contribution >= 0.6 is 0 Å². The first kappa shape index (κ1) is 19.7. The lowest BCUT2D eigenvalue weighted by Gasteiger charge is -2.19. The molecule has 3 N–H and O–H groups in total. The molecule has 0 aliphatic heterocycles. The summed E-state index contributed by atoms with van der Waals surface area (Å²) >= 11 is 0. The number of amides is 2. The Morgan fingerprint density at radius 3 is 2.25 bits per heavy atom. The Bertz CT molecular complexity index is 618. The number of benzene rings is 1. The normalized spacial score (nSPS) is 11.0. The molecule has 0 radical (unpaired) electrons. The van der Waals surface area contributed by atoms with Gasteiger partial charge in [0.05, 0.1) is 0 Å². The monoisotopic (exact) mass is 334 g/mol. The van der Waals surface area contributed by atoms with Crippen LogP contribution in [0.1, 0.15) is 52.0 Å². The van der Waals surface area contributed by atoms with E-state index in [0.717, 1.165) is 5.56 Å². The van der Waals surface area contributed by atoms with Crippen LogP contribution in [0.2, 0.25) is 0 Å². The lowest BCUT2D eigenvalue weighted by atomic mass is 9.95. The molecule has 1 aromatic rings. The molecule has 0 unspecified atom stereocenters. The molecular formula is C18H26N2O4. The maximum atomic E-state index is 12.1. The van der Waals surface area contributed by atoms with Gasteiger partial charge in [0.1, 0.15) is 0 Å². The summed E-state index contributed by atoms with van der Waals surface area (Å²) < 4.78 is 0. The van der Waals surface area contributed by atoms with E-state index in [1.807, 2.05) is 33.8 Å². The zero-order chi connectivity index (χ0) is 18.3. The smallest absolute Gasteiger partial charge is 0.303 e. The maximum Gasteiger partial charge on any atom is 0.303 e. The van der Waals surface area contributed by atoms with Crippen LogP contribution in [0.5, 0.6) is 0 Å². The SMILES string of the molecule is Cc1ccc(NC(=O)CCCCC(=O)O)cc1NC(=O)C(C)(C)C. The van der Waals surface area contributed by atoms with Crippen LogP contribution in [0.25, 0.3) is 0 Å². The van der Waals surface area contributed by atoms with Crippen molar-refractivity contribution >= 4 is 29.2 Å². The molecule has 0 heterocycles. The van der Waals surface area contributed by atoms with Gasteiger partial charge in [-0.1, -0.05) is 26.8 Å². The fourth-order valence-corrected chi connectivity index (χ4v) is 1.93. The average molecular weight is 334 g/mol. The number of unbranched alkanes of at least 4 members (excludes halogenated alkanes) is 1. The van der Waals surface area contributed by atoms with Gasteiger partial charge in [0, 0.05) is 29.6 Å². The first-order valence-corrected chi connectivity index (χ1v) is 8.03. The van der Waals surface area contributed by atoms with Gasteiger partial charge in [-0.15, -0.1) is 0 Å². The Morgan fingerprint density at radius 2 is 1.67 bits per heavy atom. The van der Waals surface area contributed by atoms with E-state index >= 15 is 0 Å². The molecule has 0 aromatic heterocycles. The molecule has 132 valence electrons. The summed E-state index contributed by atoms with van der Waals surface area (Å²) in [5.41, 5.74) is 1.68. The van der Waals surface area contributed by atoms with Crippen molar-refractivity contribution in [2.45, 2.75) is 53.4 Å². The lowest BCUT2D eigenvalue weighted by Crippen LogP contribution is -2.28. The van der Waals surface area contributed by atoms with Crippen molar-refractivity contribution in [3.05, 3.63) is 23.8 Å². The molecule has 24 heavy (non-hydrogen) atoms. The second kappa shape index (κ2) is 8.47. The van der Waals surface area contributed by atoms with Crippen LogP contribution in [0.3, 0.4) is 0 Å². The van der Waals surface area contributed by atoms with E-state index in [-0.39, 0.29) is 24.7 Å². The highest BCUT2D eigenvalue weighted by Crippen LogP contribution is 2.23. The van der Waals surface area contributed by atoms with Gasteiger partial charge in [-0.05, 0) is 37.5 Å². The molecule has 0 saturated carbocycles. The minimum atomic E-state index is -0.854. The molecule has 6 nitrogen and oxygen atoms in total. The van der Waals surface area contributed by atoms with Gasteiger partial charge in [-0.25, -0.2) is 0 Å². The van der Waals surface area contributed by atoms with Crippen LogP contribution in [-0.4, -0.2) is 22.9 Å². The quantitative estimate of drug-likeness (QED) is 0.664. The molecule has 0 spiro atoms. The number of hydrogen-bond donors (Lipinski definition) is 3. The Hall–Kier alpha value is -2.37. The first-order chi connectivity index (χ1) is 11.1. The fraction of sp³-hybridized carbons (Fsp3) is 0.500. The third kappa shape index (κ3) is 6.81. The number of carboxylic acids is 1. The molecule has 1 aromatic carbocycles. The summed E-state index contributed by atoms with van der Waals surface area (Å²) in [6.07, 6.45) is 1.34. The fourth-order valence-electron chi connectivity index (χ4n) is 1.93. The number of rotatable bonds is 7. The van der Waals surface area contributed by atoms with E-state index in [4.69, 9.17) is 5.11 Å². The van der Waals surface area contributed by atoms with Crippen LogP contribution in [-0.2, 0) is 14.4 Å². The molecule has 2 amide bonds. The molecular weight excluding hydrogens is 308 g/mol. The van der Waals surface area contributed by atoms with Crippen molar-refractivity contribution in [3.63, 3.8) is 0 Å². The molecule has 0 atom stereocenters. The number of anilines is 2. The summed E-state index contributed by atoms with van der Waals surface area (Å²) in [5.74, 6) is -1.12. The zero-order valence-corrected chi connectivity index (χ0v) is 14.7. The van der Waals surface area contributed by atoms with Crippen molar-refractivity contribution < 1.29 is 19.5 Å². The van der Waals surface area contributed by atoms with Crippen molar-refractivity contribution in [1.82, 2.24) is 0 Å². The summed E-state index contributed by atoms with van der Waals surface area (Å²) in [6.45, 7) is 7.39. The number of carboxylic acid groups (broad SMARTS) is 1. The minimum absolute atomic E-state index is 0.0702. The van der Waals surface area contributed by atoms with E-state index in [2.05, 4.69) is 10.6 Å². The molecule has 0 aliphatic rings. The first-order valence-electron chi connectivity index (χ1n) is 8.03. The zero-order valence-electron chi connectivity index (χ0n) is 14.7. The molecule has 6 heteroatoms. The highest BCUT2D eigenvalue weighted by Gasteiger charge is 2.21. The highest BCUT2D eigenvalue weighted by atomic mass is 16.4. The van der Waals surface area contributed by atoms with Crippen LogP contribution in [0.4, 0.5) is 11.4 Å². The summed E-state index contributed by atoms with van der Waals surface area (Å²) in [5, 5.41) is 14.2. The third-order valence-electron chi connectivity index (χ3n) is 3.50. The Labute approximate surface area is 142 Å². The van der Waals surface area contributed by atoms with Gasteiger partial charge < -0.3 is 15.7 Å². The minimum Gasteiger partial charge on any atom is -0.481 e. The second-order valence-electron chi connectivity index (χ2n) is 6.88. The molecule has 0 fully saturated rings. The van der Waals surface area contributed by atoms with Gasteiger partial charge in [0.2, 0.25) is 11.8 Å².